The minimum atomic E-state index is -0.663. The zero-order valence-electron chi connectivity index (χ0n) is 26.5. The zero-order chi connectivity index (χ0) is 30.7. The Morgan fingerprint density at radius 3 is 2.40 bits per heavy atom. The first kappa shape index (κ1) is 30.3. The number of carbonyl (C=O) groups excluding carboxylic acids is 2. The van der Waals surface area contributed by atoms with Crippen molar-refractivity contribution in [2.24, 2.45) is 0 Å². The van der Waals surface area contributed by atoms with Crippen LogP contribution < -0.4 is 5.32 Å². The van der Waals surface area contributed by atoms with Crippen molar-refractivity contribution in [3.05, 3.63) is 88.7 Å². The molecule has 0 bridgehead atoms. The molecule has 3 amide bonds. The predicted molar refractivity (Wildman–Crippen MR) is 174 cm³/mol. The Labute approximate surface area is 255 Å². The molecule has 1 aliphatic rings. The summed E-state index contributed by atoms with van der Waals surface area (Å²) in [7, 11) is 0. The van der Waals surface area contributed by atoms with Crippen molar-refractivity contribution in [1.29, 1.82) is 0 Å². The van der Waals surface area contributed by atoms with Crippen LogP contribution in [0.1, 0.15) is 67.9 Å². The largest absolute Gasteiger partial charge is 0.354 e. The van der Waals surface area contributed by atoms with E-state index in [9.17, 15) is 9.59 Å². The average molecular weight is 580 g/mol. The highest BCUT2D eigenvalue weighted by Crippen LogP contribution is 2.35. The van der Waals surface area contributed by atoms with Gasteiger partial charge in [0, 0.05) is 67.6 Å². The van der Waals surface area contributed by atoms with Crippen LogP contribution in [-0.2, 0) is 16.6 Å². The van der Waals surface area contributed by atoms with Crippen LogP contribution in [0, 0.1) is 13.8 Å². The van der Waals surface area contributed by atoms with E-state index in [2.05, 4.69) is 65.5 Å². The molecule has 0 spiro atoms. The first-order valence-electron chi connectivity index (χ1n) is 15.6. The molecule has 0 radical (unpaired) electrons. The molecule has 2 aromatic carbocycles. The normalized spacial score (nSPS) is 15.2. The Morgan fingerprint density at radius 1 is 1.02 bits per heavy atom. The van der Waals surface area contributed by atoms with Crippen LogP contribution >= 0.6 is 0 Å². The molecule has 0 saturated carbocycles. The number of aromatic amines is 1. The number of likely N-dealkylation sites (tertiary alicyclic amines) is 1. The molecule has 3 heterocycles. The summed E-state index contributed by atoms with van der Waals surface area (Å²) in [5, 5.41) is 4.29. The Kier molecular flexibility index (Phi) is 8.90. The summed E-state index contributed by atoms with van der Waals surface area (Å²) in [4.78, 5) is 38.3. The molecular formula is C36H45N5O2. The van der Waals surface area contributed by atoms with Crippen LogP contribution in [0.25, 0.3) is 22.2 Å². The van der Waals surface area contributed by atoms with Crippen molar-refractivity contribution in [3.63, 3.8) is 0 Å². The van der Waals surface area contributed by atoms with Crippen molar-refractivity contribution < 1.29 is 9.59 Å². The first-order valence-corrected chi connectivity index (χ1v) is 15.6. The molecule has 4 aromatic rings. The second-order valence-electron chi connectivity index (χ2n) is 12.4. The number of amides is 3. The molecule has 5 rings (SSSR count). The Hall–Kier alpha value is -4.13. The van der Waals surface area contributed by atoms with Crippen molar-refractivity contribution in [2.45, 2.75) is 65.7 Å². The van der Waals surface area contributed by atoms with Crippen molar-refractivity contribution in [1.82, 2.24) is 25.1 Å². The first-order chi connectivity index (χ1) is 20.6. The Balaban J connectivity index is 1.42. The van der Waals surface area contributed by atoms with Crippen LogP contribution in [0.3, 0.4) is 0 Å². The lowest BCUT2D eigenvalue weighted by Gasteiger charge is -2.31. The average Bonchev–Trinajstić information content (AvgIpc) is 3.63. The molecule has 1 saturated heterocycles. The summed E-state index contributed by atoms with van der Waals surface area (Å²) in [5.41, 5.74) is 8.37. The number of H-pyrrole nitrogens is 1. The van der Waals surface area contributed by atoms with E-state index in [0.29, 0.717) is 32.0 Å². The molecule has 7 heteroatoms. The van der Waals surface area contributed by atoms with Gasteiger partial charge in [0.05, 0.1) is 5.41 Å². The molecule has 7 nitrogen and oxygen atoms in total. The molecule has 43 heavy (non-hydrogen) atoms. The number of nitrogens with zero attached hydrogens (tertiary/aromatic N) is 3. The lowest BCUT2D eigenvalue weighted by molar-refractivity contribution is -0.135. The number of hydrogen-bond acceptors (Lipinski definition) is 3. The standard InChI is InChI=1S/C36H45N5O2/c1-7-40(8-2)34(42)36(5,6)29-9-10-32-31(22-29)30(33(39-32)28-20-24(3)19-25(4)21-28)13-17-38-35(43)41-18-14-27(23-41)26-11-15-37-16-12-26/h9-12,15-16,19-22,27,39H,7-8,13-14,17-18,23H2,1-6H3,(H,38,43). The van der Waals surface area contributed by atoms with E-state index in [1.165, 1.54) is 16.7 Å². The molecule has 1 aliphatic heterocycles. The van der Waals surface area contributed by atoms with Gasteiger partial charge in [-0.05, 0) is 113 Å². The maximum absolute atomic E-state index is 13.5. The number of rotatable bonds is 9. The molecule has 1 fully saturated rings. The van der Waals surface area contributed by atoms with Gasteiger partial charge in [0.2, 0.25) is 5.91 Å². The van der Waals surface area contributed by atoms with Crippen molar-refractivity contribution in [2.75, 3.05) is 32.7 Å². The number of hydrogen-bond donors (Lipinski definition) is 2. The lowest BCUT2D eigenvalue weighted by Crippen LogP contribution is -2.43. The van der Waals surface area contributed by atoms with Crippen LogP contribution in [0.4, 0.5) is 4.79 Å². The number of likely N-dealkylation sites (N-methyl/N-ethyl adjacent to an activating group) is 1. The van der Waals surface area contributed by atoms with Gasteiger partial charge in [0.1, 0.15) is 0 Å². The monoisotopic (exact) mass is 579 g/mol. The SMILES string of the molecule is CCN(CC)C(=O)C(C)(C)c1ccc2[nH]c(-c3cc(C)cc(C)c3)c(CCNC(=O)N3CCC(c4ccncc4)C3)c2c1. The summed E-state index contributed by atoms with van der Waals surface area (Å²) in [6.07, 6.45) is 5.27. The van der Waals surface area contributed by atoms with E-state index < -0.39 is 5.41 Å². The number of nitrogens with one attached hydrogen (secondary N) is 2. The fraction of sp³-hybridized carbons (Fsp3) is 0.417. The van der Waals surface area contributed by atoms with Gasteiger partial charge < -0.3 is 20.1 Å². The molecular weight excluding hydrogens is 534 g/mol. The minimum absolute atomic E-state index is 0.0176. The fourth-order valence-electron chi connectivity index (χ4n) is 6.55. The molecule has 1 atom stereocenters. The van der Waals surface area contributed by atoms with Crippen LogP contribution in [-0.4, -0.2) is 64.4 Å². The van der Waals surface area contributed by atoms with E-state index in [-0.39, 0.29) is 11.9 Å². The minimum Gasteiger partial charge on any atom is -0.354 e. The van der Waals surface area contributed by atoms with Crippen LogP contribution in [0.5, 0.6) is 0 Å². The van der Waals surface area contributed by atoms with Crippen LogP contribution in [0.15, 0.2) is 60.9 Å². The smallest absolute Gasteiger partial charge is 0.317 e. The third-order valence-electron chi connectivity index (χ3n) is 9.03. The van der Waals surface area contributed by atoms with Gasteiger partial charge in [-0.2, -0.15) is 0 Å². The maximum Gasteiger partial charge on any atom is 0.317 e. The zero-order valence-corrected chi connectivity index (χ0v) is 26.5. The molecule has 226 valence electrons. The summed E-state index contributed by atoms with van der Waals surface area (Å²) in [5.74, 6) is 0.478. The lowest BCUT2D eigenvalue weighted by atomic mass is 9.82. The van der Waals surface area contributed by atoms with Crippen molar-refractivity contribution >= 4 is 22.8 Å². The molecule has 0 aliphatic carbocycles. The number of urea groups is 1. The number of benzene rings is 2. The highest BCUT2D eigenvalue weighted by atomic mass is 16.2. The number of aryl methyl sites for hydroxylation is 2. The highest BCUT2D eigenvalue weighted by molar-refractivity contribution is 5.94. The number of fused-ring (bicyclic) bond motifs is 1. The van der Waals surface area contributed by atoms with E-state index in [4.69, 9.17) is 0 Å². The second-order valence-corrected chi connectivity index (χ2v) is 12.4. The maximum atomic E-state index is 13.5. The van der Waals surface area contributed by atoms with Gasteiger partial charge in [-0.15, -0.1) is 0 Å². The molecule has 2 aromatic heterocycles. The summed E-state index contributed by atoms with van der Waals surface area (Å²) in [6, 6.07) is 17.0. The molecule has 2 N–H and O–H groups in total. The predicted octanol–water partition coefficient (Wildman–Crippen LogP) is 6.73. The van der Waals surface area contributed by atoms with Gasteiger partial charge in [0.15, 0.2) is 0 Å². The quantitative estimate of drug-likeness (QED) is 0.231. The number of carbonyl (C=O) groups is 2. The van der Waals surface area contributed by atoms with E-state index in [0.717, 1.165) is 52.8 Å². The third kappa shape index (κ3) is 6.31. The summed E-state index contributed by atoms with van der Waals surface area (Å²) in [6.45, 7) is 15.7. The second kappa shape index (κ2) is 12.6. The van der Waals surface area contributed by atoms with Gasteiger partial charge in [-0.3, -0.25) is 9.78 Å². The van der Waals surface area contributed by atoms with Gasteiger partial charge in [0.25, 0.3) is 0 Å². The van der Waals surface area contributed by atoms with Gasteiger partial charge in [-0.1, -0.05) is 23.3 Å². The third-order valence-corrected chi connectivity index (χ3v) is 9.03. The van der Waals surface area contributed by atoms with Gasteiger partial charge >= 0.3 is 6.03 Å². The van der Waals surface area contributed by atoms with E-state index in [1.54, 1.807) is 0 Å². The topological polar surface area (TPSA) is 81.3 Å². The van der Waals surface area contributed by atoms with Gasteiger partial charge in [-0.25, -0.2) is 4.79 Å². The summed E-state index contributed by atoms with van der Waals surface area (Å²) >= 11 is 0. The summed E-state index contributed by atoms with van der Waals surface area (Å²) < 4.78 is 0. The molecule has 1 unspecified atom stereocenters. The highest BCUT2D eigenvalue weighted by Gasteiger charge is 2.33. The fourth-order valence-corrected chi connectivity index (χ4v) is 6.55. The number of pyridine rings is 1. The Bertz CT molecular complexity index is 1580. The van der Waals surface area contributed by atoms with Crippen LogP contribution in [0.2, 0.25) is 0 Å². The Morgan fingerprint density at radius 2 is 1.72 bits per heavy atom. The van der Waals surface area contributed by atoms with E-state index in [1.807, 2.05) is 62.0 Å². The van der Waals surface area contributed by atoms with E-state index >= 15 is 0 Å². The number of aromatic nitrogens is 2. The van der Waals surface area contributed by atoms with Crippen molar-refractivity contribution in [3.8, 4) is 11.3 Å².